The molecule has 0 aromatic carbocycles. The molecule has 72 valence electrons. The molecule has 0 aromatic heterocycles. The molecule has 0 bridgehead atoms. The second kappa shape index (κ2) is 3.62. The summed E-state index contributed by atoms with van der Waals surface area (Å²) < 4.78 is 0. The first-order valence-corrected chi connectivity index (χ1v) is 4.64. The number of amides is 1. The molecule has 3 heteroatoms. The van der Waals surface area contributed by atoms with Crippen LogP contribution in [0.4, 0.5) is 0 Å². The van der Waals surface area contributed by atoms with Crippen LogP contribution in [0.3, 0.4) is 0 Å². The smallest absolute Gasteiger partial charge is 0.244 e. The first-order chi connectivity index (χ1) is 6.77. The normalized spacial score (nSPS) is 29.3. The fourth-order valence-corrected chi connectivity index (χ4v) is 1.67. The molecular weight excluding hydrogens is 176 g/mol. The summed E-state index contributed by atoms with van der Waals surface area (Å²) in [6, 6.07) is 0.136. The van der Waals surface area contributed by atoms with Gasteiger partial charge in [-0.3, -0.25) is 9.79 Å². The number of carbonyl (C=O) groups is 1. The van der Waals surface area contributed by atoms with Crippen molar-refractivity contribution in [3.63, 3.8) is 0 Å². The van der Waals surface area contributed by atoms with Crippen LogP contribution in [0, 0.1) is 5.92 Å². The lowest BCUT2D eigenvalue weighted by Crippen LogP contribution is -2.17. The van der Waals surface area contributed by atoms with E-state index in [4.69, 9.17) is 5.73 Å². The number of primary amides is 1. The summed E-state index contributed by atoms with van der Waals surface area (Å²) in [5.41, 5.74) is 5.90. The number of rotatable bonds is 1. The quantitative estimate of drug-likeness (QED) is 0.655. The van der Waals surface area contributed by atoms with Crippen LogP contribution in [0.15, 0.2) is 40.9 Å². The predicted octanol–water partition coefficient (Wildman–Crippen LogP) is 0.983. The average Bonchev–Trinajstić information content (AvgIpc) is 2.39. The maximum Gasteiger partial charge on any atom is 0.244 e. The van der Waals surface area contributed by atoms with Gasteiger partial charge in [0, 0.05) is 24.1 Å². The molecule has 0 spiro atoms. The van der Waals surface area contributed by atoms with Crippen LogP contribution in [-0.2, 0) is 4.79 Å². The van der Waals surface area contributed by atoms with Crippen LogP contribution in [0.2, 0.25) is 0 Å². The Balaban J connectivity index is 2.30. The maximum absolute atomic E-state index is 11.0. The van der Waals surface area contributed by atoms with Crippen molar-refractivity contribution in [3.05, 3.63) is 36.0 Å². The van der Waals surface area contributed by atoms with E-state index in [0.29, 0.717) is 12.0 Å². The van der Waals surface area contributed by atoms with Gasteiger partial charge in [-0.15, -0.1) is 0 Å². The van der Waals surface area contributed by atoms with E-state index in [1.54, 1.807) is 6.21 Å². The van der Waals surface area contributed by atoms with E-state index in [9.17, 15) is 4.79 Å². The van der Waals surface area contributed by atoms with Crippen molar-refractivity contribution in [2.75, 3.05) is 0 Å². The first-order valence-electron chi connectivity index (χ1n) is 4.64. The third-order valence-electron chi connectivity index (χ3n) is 2.45. The zero-order chi connectivity index (χ0) is 9.97. The van der Waals surface area contributed by atoms with Crippen molar-refractivity contribution >= 4 is 12.1 Å². The van der Waals surface area contributed by atoms with E-state index in [1.807, 2.05) is 30.4 Å². The van der Waals surface area contributed by atoms with Gasteiger partial charge in [0.15, 0.2) is 0 Å². The Labute approximate surface area is 82.7 Å². The van der Waals surface area contributed by atoms with E-state index in [1.165, 1.54) is 0 Å². The highest BCUT2D eigenvalue weighted by Crippen LogP contribution is 2.22. The molecule has 1 heterocycles. The highest BCUT2D eigenvalue weighted by molar-refractivity contribution is 5.95. The standard InChI is InChI=1S/C11H12N2O/c12-11(14)9-5-6-13-10-4-2-1-3-8(10)7-9/h1-4,6-8,10H,5H2,(H2,12,14). The minimum Gasteiger partial charge on any atom is -0.366 e. The molecule has 1 amide bonds. The Morgan fingerprint density at radius 3 is 3.00 bits per heavy atom. The number of nitrogens with two attached hydrogens (primary N) is 1. The number of fused-ring (bicyclic) bond motifs is 1. The van der Waals surface area contributed by atoms with Crippen LogP contribution in [-0.4, -0.2) is 18.2 Å². The van der Waals surface area contributed by atoms with E-state index in [-0.39, 0.29) is 17.9 Å². The topological polar surface area (TPSA) is 55.5 Å². The molecule has 2 N–H and O–H groups in total. The number of carbonyl (C=O) groups excluding carboxylic acids is 1. The van der Waals surface area contributed by atoms with Gasteiger partial charge in [-0.05, 0) is 0 Å². The first kappa shape index (κ1) is 8.94. The van der Waals surface area contributed by atoms with Crippen molar-refractivity contribution in [1.29, 1.82) is 0 Å². The minimum atomic E-state index is -0.347. The van der Waals surface area contributed by atoms with Gasteiger partial charge in [-0.1, -0.05) is 30.4 Å². The van der Waals surface area contributed by atoms with Crippen molar-refractivity contribution in [1.82, 2.24) is 0 Å². The fourth-order valence-electron chi connectivity index (χ4n) is 1.67. The molecule has 2 atom stereocenters. The molecule has 0 saturated heterocycles. The third-order valence-corrected chi connectivity index (χ3v) is 2.45. The van der Waals surface area contributed by atoms with Crippen LogP contribution in [0.25, 0.3) is 0 Å². The lowest BCUT2D eigenvalue weighted by Gasteiger charge is -2.15. The lowest BCUT2D eigenvalue weighted by molar-refractivity contribution is -0.114. The van der Waals surface area contributed by atoms with Crippen LogP contribution < -0.4 is 5.73 Å². The molecular formula is C11H12N2O. The molecule has 2 rings (SSSR count). The van der Waals surface area contributed by atoms with Crippen LogP contribution in [0.5, 0.6) is 0 Å². The maximum atomic E-state index is 11.0. The molecule has 1 aliphatic heterocycles. The Bertz CT molecular complexity index is 363. The molecule has 2 unspecified atom stereocenters. The van der Waals surface area contributed by atoms with Crippen LogP contribution in [0.1, 0.15) is 6.42 Å². The minimum absolute atomic E-state index is 0.136. The summed E-state index contributed by atoms with van der Waals surface area (Å²) in [4.78, 5) is 15.4. The summed E-state index contributed by atoms with van der Waals surface area (Å²) >= 11 is 0. The predicted molar refractivity (Wildman–Crippen MR) is 55.9 cm³/mol. The molecule has 0 saturated carbocycles. The van der Waals surface area contributed by atoms with Gasteiger partial charge < -0.3 is 5.73 Å². The van der Waals surface area contributed by atoms with Crippen molar-refractivity contribution in [2.24, 2.45) is 16.6 Å². The lowest BCUT2D eigenvalue weighted by atomic mass is 9.94. The van der Waals surface area contributed by atoms with E-state index in [0.717, 1.165) is 0 Å². The van der Waals surface area contributed by atoms with Gasteiger partial charge in [0.1, 0.15) is 0 Å². The van der Waals surface area contributed by atoms with Gasteiger partial charge in [0.25, 0.3) is 0 Å². The Kier molecular flexibility index (Phi) is 2.31. The second-order valence-electron chi connectivity index (χ2n) is 3.43. The molecule has 0 radical (unpaired) electrons. The largest absolute Gasteiger partial charge is 0.366 e. The monoisotopic (exact) mass is 188 g/mol. The summed E-state index contributed by atoms with van der Waals surface area (Å²) in [5, 5.41) is 0. The summed E-state index contributed by atoms with van der Waals surface area (Å²) in [7, 11) is 0. The van der Waals surface area contributed by atoms with Crippen molar-refractivity contribution in [3.8, 4) is 0 Å². The summed E-state index contributed by atoms with van der Waals surface area (Å²) in [6.45, 7) is 0. The Morgan fingerprint density at radius 1 is 1.43 bits per heavy atom. The molecule has 2 aliphatic rings. The number of nitrogens with zero attached hydrogens (tertiary/aromatic N) is 1. The highest BCUT2D eigenvalue weighted by atomic mass is 16.1. The third kappa shape index (κ3) is 1.66. The van der Waals surface area contributed by atoms with Gasteiger partial charge in [0.2, 0.25) is 5.91 Å². The van der Waals surface area contributed by atoms with Crippen molar-refractivity contribution < 1.29 is 4.79 Å². The van der Waals surface area contributed by atoms with E-state index in [2.05, 4.69) is 4.99 Å². The molecule has 3 nitrogen and oxygen atoms in total. The SMILES string of the molecule is NC(=O)C1=CC2C=CC=CC2N=CC1. The molecule has 14 heavy (non-hydrogen) atoms. The van der Waals surface area contributed by atoms with E-state index >= 15 is 0 Å². The number of aliphatic imine (C=N–C) groups is 1. The van der Waals surface area contributed by atoms with Gasteiger partial charge in [0.05, 0.1) is 6.04 Å². The Hall–Kier alpha value is -1.64. The zero-order valence-corrected chi connectivity index (χ0v) is 7.76. The fraction of sp³-hybridized carbons (Fsp3) is 0.273. The molecule has 1 aliphatic carbocycles. The van der Waals surface area contributed by atoms with Gasteiger partial charge >= 0.3 is 0 Å². The van der Waals surface area contributed by atoms with Gasteiger partial charge in [-0.2, -0.15) is 0 Å². The zero-order valence-electron chi connectivity index (χ0n) is 7.76. The second-order valence-corrected chi connectivity index (χ2v) is 3.43. The van der Waals surface area contributed by atoms with Crippen molar-refractivity contribution in [2.45, 2.75) is 12.5 Å². The summed E-state index contributed by atoms with van der Waals surface area (Å²) in [6.07, 6.45) is 12.2. The summed E-state index contributed by atoms with van der Waals surface area (Å²) in [5.74, 6) is -0.165. The van der Waals surface area contributed by atoms with Gasteiger partial charge in [-0.25, -0.2) is 0 Å². The number of hydrogen-bond acceptors (Lipinski definition) is 2. The molecule has 0 aromatic rings. The van der Waals surface area contributed by atoms with Crippen LogP contribution >= 0.6 is 0 Å². The van der Waals surface area contributed by atoms with E-state index < -0.39 is 0 Å². The Morgan fingerprint density at radius 2 is 2.21 bits per heavy atom. The highest BCUT2D eigenvalue weighted by Gasteiger charge is 2.19. The molecule has 0 fully saturated rings. The number of hydrogen-bond donors (Lipinski definition) is 1. The number of allylic oxidation sites excluding steroid dienone is 2. The average molecular weight is 188 g/mol.